The number of ether oxygens (including phenoxy) is 1. The van der Waals surface area contributed by atoms with Crippen LogP contribution in [-0.2, 0) is 14.9 Å². The van der Waals surface area contributed by atoms with Crippen molar-refractivity contribution in [2.45, 2.75) is 33.1 Å². The van der Waals surface area contributed by atoms with Gasteiger partial charge in [0.25, 0.3) is 0 Å². The molecule has 3 heteroatoms. The highest BCUT2D eigenvalue weighted by atomic mass is 16.6. The molecule has 0 aliphatic carbocycles. The monoisotopic (exact) mass is 319 g/mol. The summed E-state index contributed by atoms with van der Waals surface area (Å²) >= 11 is 0. The van der Waals surface area contributed by atoms with Crippen molar-refractivity contribution in [2.24, 2.45) is 4.99 Å². The number of nitrogens with zero attached hydrogens (tertiary/aromatic N) is 1. The summed E-state index contributed by atoms with van der Waals surface area (Å²) in [6, 6.07) is 15.9. The number of aryl methyl sites for hydroxylation is 1. The van der Waals surface area contributed by atoms with Gasteiger partial charge in [0.1, 0.15) is 0 Å². The van der Waals surface area contributed by atoms with Crippen molar-refractivity contribution in [1.29, 1.82) is 0 Å². The van der Waals surface area contributed by atoms with E-state index < -0.39 is 5.97 Å². The van der Waals surface area contributed by atoms with Gasteiger partial charge in [0, 0.05) is 5.56 Å². The Hall–Kier alpha value is -2.68. The van der Waals surface area contributed by atoms with Gasteiger partial charge in [-0.2, -0.15) is 0 Å². The van der Waals surface area contributed by atoms with Gasteiger partial charge in [0.15, 0.2) is 5.70 Å². The minimum atomic E-state index is -0.412. The predicted octanol–water partition coefficient (Wildman–Crippen LogP) is 4.64. The number of carbonyl (C=O) groups is 1. The maximum absolute atomic E-state index is 12.1. The summed E-state index contributed by atoms with van der Waals surface area (Å²) in [5.74, 6) is -0.0527. The quantitative estimate of drug-likeness (QED) is 0.597. The second kappa shape index (κ2) is 6.08. The van der Waals surface area contributed by atoms with Crippen LogP contribution in [0.25, 0.3) is 6.08 Å². The number of hydrogen-bond donors (Lipinski definition) is 0. The van der Waals surface area contributed by atoms with Crippen LogP contribution in [0.5, 0.6) is 0 Å². The van der Waals surface area contributed by atoms with E-state index in [1.807, 2.05) is 43.3 Å². The van der Waals surface area contributed by atoms with Gasteiger partial charge >= 0.3 is 5.97 Å². The SMILES string of the molecule is Cc1ccc(C2=N/C(=C\c3ccc(C(C)(C)C)cc3)C(=O)O2)cc1. The van der Waals surface area contributed by atoms with Gasteiger partial charge in [0.2, 0.25) is 5.90 Å². The van der Waals surface area contributed by atoms with Crippen LogP contribution >= 0.6 is 0 Å². The molecule has 1 heterocycles. The van der Waals surface area contributed by atoms with Crippen LogP contribution < -0.4 is 0 Å². The zero-order valence-corrected chi connectivity index (χ0v) is 14.5. The minimum Gasteiger partial charge on any atom is -0.402 e. The average molecular weight is 319 g/mol. The van der Waals surface area contributed by atoms with Crippen molar-refractivity contribution in [3.8, 4) is 0 Å². The standard InChI is InChI=1S/C21H21NO2/c1-14-5-9-16(10-6-14)19-22-18(20(23)24-19)13-15-7-11-17(12-8-15)21(2,3)4/h5-13H,1-4H3/b18-13-. The molecule has 0 saturated carbocycles. The highest BCUT2D eigenvalue weighted by Gasteiger charge is 2.24. The van der Waals surface area contributed by atoms with E-state index in [0.29, 0.717) is 11.6 Å². The number of aliphatic imine (C=N–C) groups is 1. The lowest BCUT2D eigenvalue weighted by molar-refractivity contribution is -0.129. The summed E-state index contributed by atoms with van der Waals surface area (Å²) in [6.07, 6.45) is 1.76. The number of rotatable bonds is 2. The molecule has 0 fully saturated rings. The third kappa shape index (κ3) is 3.46. The maximum atomic E-state index is 12.1. The second-order valence-electron chi connectivity index (χ2n) is 7.07. The first-order valence-electron chi connectivity index (χ1n) is 8.03. The first-order chi connectivity index (χ1) is 11.3. The maximum Gasteiger partial charge on any atom is 0.363 e. The molecule has 0 atom stereocenters. The van der Waals surface area contributed by atoms with Gasteiger partial charge in [-0.15, -0.1) is 0 Å². The molecule has 0 N–H and O–H groups in total. The van der Waals surface area contributed by atoms with Crippen molar-refractivity contribution in [3.05, 3.63) is 76.5 Å². The van der Waals surface area contributed by atoms with Crippen LogP contribution in [0.15, 0.2) is 59.2 Å². The normalized spacial score (nSPS) is 16.2. The minimum absolute atomic E-state index is 0.106. The van der Waals surface area contributed by atoms with Gasteiger partial charge in [-0.05, 0) is 41.7 Å². The van der Waals surface area contributed by atoms with E-state index >= 15 is 0 Å². The van der Waals surface area contributed by atoms with E-state index in [-0.39, 0.29) is 5.41 Å². The van der Waals surface area contributed by atoms with Gasteiger partial charge in [-0.25, -0.2) is 9.79 Å². The third-order valence-electron chi connectivity index (χ3n) is 4.00. The van der Waals surface area contributed by atoms with Crippen molar-refractivity contribution in [2.75, 3.05) is 0 Å². The summed E-state index contributed by atoms with van der Waals surface area (Å²) in [4.78, 5) is 16.4. The number of cyclic esters (lactones) is 1. The highest BCUT2D eigenvalue weighted by Crippen LogP contribution is 2.24. The van der Waals surface area contributed by atoms with E-state index in [9.17, 15) is 4.79 Å². The Morgan fingerprint density at radius 2 is 1.58 bits per heavy atom. The lowest BCUT2D eigenvalue weighted by atomic mass is 9.87. The molecular formula is C21H21NO2. The molecule has 0 unspecified atom stereocenters. The molecule has 2 aromatic rings. The topological polar surface area (TPSA) is 38.7 Å². The Kier molecular flexibility index (Phi) is 4.10. The van der Waals surface area contributed by atoms with Crippen molar-refractivity contribution in [1.82, 2.24) is 0 Å². The zero-order valence-electron chi connectivity index (χ0n) is 14.5. The fourth-order valence-electron chi connectivity index (χ4n) is 2.47. The second-order valence-corrected chi connectivity index (χ2v) is 7.07. The first-order valence-corrected chi connectivity index (χ1v) is 8.03. The third-order valence-corrected chi connectivity index (χ3v) is 4.00. The van der Waals surface area contributed by atoms with Gasteiger partial charge < -0.3 is 4.74 Å². The average Bonchev–Trinajstić information content (AvgIpc) is 2.89. The molecular weight excluding hydrogens is 298 g/mol. The fraction of sp³-hybridized carbons (Fsp3) is 0.238. The lowest BCUT2D eigenvalue weighted by Gasteiger charge is -2.18. The van der Waals surface area contributed by atoms with Crippen LogP contribution in [0.3, 0.4) is 0 Å². The summed E-state index contributed by atoms with van der Waals surface area (Å²) in [7, 11) is 0. The Bertz CT molecular complexity index is 820. The summed E-state index contributed by atoms with van der Waals surface area (Å²) in [6.45, 7) is 8.53. The number of benzene rings is 2. The van der Waals surface area contributed by atoms with Crippen molar-refractivity contribution < 1.29 is 9.53 Å². The van der Waals surface area contributed by atoms with Crippen LogP contribution in [-0.4, -0.2) is 11.9 Å². The Labute approximate surface area is 142 Å². The molecule has 3 rings (SSSR count). The van der Waals surface area contributed by atoms with E-state index in [1.54, 1.807) is 6.08 Å². The Morgan fingerprint density at radius 1 is 0.958 bits per heavy atom. The molecule has 0 bridgehead atoms. The zero-order chi connectivity index (χ0) is 17.3. The van der Waals surface area contributed by atoms with Gasteiger partial charge in [-0.3, -0.25) is 0 Å². The van der Waals surface area contributed by atoms with E-state index in [4.69, 9.17) is 4.74 Å². The Morgan fingerprint density at radius 3 is 2.17 bits per heavy atom. The molecule has 1 aliphatic heterocycles. The van der Waals surface area contributed by atoms with E-state index in [1.165, 1.54) is 5.56 Å². The molecule has 0 spiro atoms. The number of esters is 1. The molecule has 0 amide bonds. The van der Waals surface area contributed by atoms with Gasteiger partial charge in [0.05, 0.1) is 0 Å². The van der Waals surface area contributed by atoms with Crippen LogP contribution in [0.2, 0.25) is 0 Å². The Balaban J connectivity index is 1.87. The molecule has 0 radical (unpaired) electrons. The van der Waals surface area contributed by atoms with Crippen LogP contribution in [0.1, 0.15) is 43.0 Å². The van der Waals surface area contributed by atoms with Gasteiger partial charge in [-0.1, -0.05) is 62.7 Å². The van der Waals surface area contributed by atoms with Crippen LogP contribution in [0.4, 0.5) is 0 Å². The van der Waals surface area contributed by atoms with E-state index in [2.05, 4.69) is 37.9 Å². The molecule has 1 aliphatic rings. The fourth-order valence-corrected chi connectivity index (χ4v) is 2.47. The molecule has 0 aromatic heterocycles. The summed E-state index contributed by atoms with van der Waals surface area (Å²) in [5.41, 5.74) is 4.58. The molecule has 3 nitrogen and oxygen atoms in total. The van der Waals surface area contributed by atoms with Crippen LogP contribution in [0, 0.1) is 6.92 Å². The van der Waals surface area contributed by atoms with E-state index in [0.717, 1.165) is 16.7 Å². The largest absolute Gasteiger partial charge is 0.402 e. The summed E-state index contributed by atoms with van der Waals surface area (Å²) in [5, 5.41) is 0. The molecule has 122 valence electrons. The lowest BCUT2D eigenvalue weighted by Crippen LogP contribution is -2.10. The molecule has 24 heavy (non-hydrogen) atoms. The predicted molar refractivity (Wildman–Crippen MR) is 96.9 cm³/mol. The molecule has 2 aromatic carbocycles. The number of hydrogen-bond acceptors (Lipinski definition) is 3. The first kappa shape index (κ1) is 16.2. The highest BCUT2D eigenvalue weighted by molar-refractivity contribution is 6.12. The molecule has 0 saturated heterocycles. The number of carbonyl (C=O) groups excluding carboxylic acids is 1. The smallest absolute Gasteiger partial charge is 0.363 e. The van der Waals surface area contributed by atoms with Crippen molar-refractivity contribution >= 4 is 17.9 Å². The van der Waals surface area contributed by atoms with Crippen molar-refractivity contribution in [3.63, 3.8) is 0 Å². The summed E-state index contributed by atoms with van der Waals surface area (Å²) < 4.78 is 5.29.